The number of nitrogens with one attached hydrogen (secondary N) is 1. The normalized spacial score (nSPS) is 20.2. The Labute approximate surface area is 124 Å². The Hall–Kier alpha value is -1.70. The van der Waals surface area contributed by atoms with Gasteiger partial charge in [-0.15, -0.1) is 0 Å². The summed E-state index contributed by atoms with van der Waals surface area (Å²) in [5, 5.41) is 2.75. The first kappa shape index (κ1) is 15.7. The van der Waals surface area contributed by atoms with Gasteiger partial charge in [-0.25, -0.2) is 18.4 Å². The van der Waals surface area contributed by atoms with Gasteiger partial charge in [0.2, 0.25) is 5.95 Å². The van der Waals surface area contributed by atoms with Crippen molar-refractivity contribution >= 4 is 21.7 Å². The van der Waals surface area contributed by atoms with Crippen molar-refractivity contribution in [3.8, 4) is 0 Å². The fourth-order valence-corrected chi connectivity index (χ4v) is 3.98. The Morgan fingerprint density at radius 1 is 1.43 bits per heavy atom. The van der Waals surface area contributed by atoms with Crippen LogP contribution in [0.15, 0.2) is 12.4 Å². The molecule has 0 bridgehead atoms. The Morgan fingerprint density at radius 3 is 2.62 bits per heavy atom. The molecule has 2 heterocycles. The van der Waals surface area contributed by atoms with E-state index in [1.165, 1.54) is 12.4 Å². The topological polar surface area (TPSA) is 92.3 Å². The zero-order valence-electron chi connectivity index (χ0n) is 12.2. The summed E-state index contributed by atoms with van der Waals surface area (Å²) in [7, 11) is -1.17. The monoisotopic (exact) mass is 312 g/mol. The third-order valence-corrected chi connectivity index (χ3v) is 5.26. The molecule has 1 amide bonds. The fourth-order valence-electron chi connectivity index (χ4n) is 2.21. The number of aromatic nitrogens is 2. The number of rotatable bonds is 5. The maximum atomic E-state index is 11.7. The summed E-state index contributed by atoms with van der Waals surface area (Å²) >= 11 is 0. The molecule has 116 valence electrons. The average molecular weight is 312 g/mol. The van der Waals surface area contributed by atoms with E-state index in [9.17, 15) is 13.2 Å². The molecular formula is C13H20N4O3S. The van der Waals surface area contributed by atoms with E-state index in [1.54, 1.807) is 11.9 Å². The Bertz CT molecular complexity index is 600. The first-order valence-electron chi connectivity index (χ1n) is 6.96. The number of anilines is 1. The van der Waals surface area contributed by atoms with Crippen LogP contribution in [0.1, 0.15) is 30.1 Å². The Kier molecular flexibility index (Phi) is 4.76. The molecule has 1 atom stereocenters. The average Bonchev–Trinajstić information content (AvgIpc) is 2.84. The minimum absolute atomic E-state index is 0.102. The number of amides is 1. The van der Waals surface area contributed by atoms with Crippen molar-refractivity contribution < 1.29 is 13.2 Å². The van der Waals surface area contributed by atoms with Crippen LogP contribution in [0.4, 0.5) is 5.95 Å². The van der Waals surface area contributed by atoms with Crippen molar-refractivity contribution in [2.75, 3.05) is 30.0 Å². The molecule has 1 aliphatic heterocycles. The van der Waals surface area contributed by atoms with Crippen LogP contribution in [0.3, 0.4) is 0 Å². The van der Waals surface area contributed by atoms with Crippen LogP contribution < -0.4 is 10.2 Å². The van der Waals surface area contributed by atoms with Gasteiger partial charge in [-0.2, -0.15) is 0 Å². The standard InChI is InChI=1S/C13H20N4O3S/c1-3-5-14-12(18)10-7-15-13(16-8-10)17(2)11-4-6-21(19,20)9-11/h7-8,11H,3-6,9H2,1-2H3,(H,14,18). The highest BCUT2D eigenvalue weighted by Gasteiger charge is 2.31. The van der Waals surface area contributed by atoms with Crippen molar-refractivity contribution in [3.63, 3.8) is 0 Å². The van der Waals surface area contributed by atoms with Gasteiger partial charge in [0.05, 0.1) is 17.1 Å². The number of carbonyl (C=O) groups is 1. The molecule has 0 spiro atoms. The van der Waals surface area contributed by atoms with Gasteiger partial charge >= 0.3 is 0 Å². The molecule has 0 aromatic carbocycles. The number of hydrogen-bond donors (Lipinski definition) is 1. The predicted molar refractivity (Wildman–Crippen MR) is 80.1 cm³/mol. The molecule has 1 aliphatic rings. The van der Waals surface area contributed by atoms with E-state index in [2.05, 4.69) is 15.3 Å². The van der Waals surface area contributed by atoms with E-state index in [0.717, 1.165) is 6.42 Å². The maximum absolute atomic E-state index is 11.7. The van der Waals surface area contributed by atoms with E-state index >= 15 is 0 Å². The predicted octanol–water partition coefficient (Wildman–Crippen LogP) is 0.240. The molecule has 1 saturated heterocycles. The second-order valence-corrected chi connectivity index (χ2v) is 7.42. The third-order valence-electron chi connectivity index (χ3n) is 3.51. The third kappa shape index (κ3) is 3.90. The molecule has 0 radical (unpaired) electrons. The molecule has 1 aromatic rings. The first-order chi connectivity index (χ1) is 9.93. The molecule has 0 aliphatic carbocycles. The highest BCUT2D eigenvalue weighted by Crippen LogP contribution is 2.19. The minimum atomic E-state index is -2.94. The van der Waals surface area contributed by atoms with Crippen LogP contribution in [0.25, 0.3) is 0 Å². The lowest BCUT2D eigenvalue weighted by atomic mass is 10.2. The number of hydrogen-bond acceptors (Lipinski definition) is 6. The highest BCUT2D eigenvalue weighted by atomic mass is 32.2. The van der Waals surface area contributed by atoms with Gasteiger partial charge in [0.25, 0.3) is 5.91 Å². The summed E-state index contributed by atoms with van der Waals surface area (Å²) in [6.07, 6.45) is 4.38. The van der Waals surface area contributed by atoms with E-state index in [-0.39, 0.29) is 23.5 Å². The van der Waals surface area contributed by atoms with Gasteiger partial charge in [-0.05, 0) is 12.8 Å². The Morgan fingerprint density at radius 2 is 2.10 bits per heavy atom. The van der Waals surface area contributed by atoms with E-state index in [0.29, 0.717) is 24.5 Å². The molecule has 1 aromatic heterocycles. The summed E-state index contributed by atoms with van der Waals surface area (Å²) in [5.41, 5.74) is 0.402. The van der Waals surface area contributed by atoms with E-state index in [1.807, 2.05) is 6.92 Å². The lowest BCUT2D eigenvalue weighted by Crippen LogP contribution is -2.34. The van der Waals surface area contributed by atoms with E-state index < -0.39 is 9.84 Å². The van der Waals surface area contributed by atoms with Crippen LogP contribution in [-0.2, 0) is 9.84 Å². The van der Waals surface area contributed by atoms with E-state index in [4.69, 9.17) is 0 Å². The molecular weight excluding hydrogens is 292 g/mol. The van der Waals surface area contributed by atoms with Crippen LogP contribution in [0.5, 0.6) is 0 Å². The van der Waals surface area contributed by atoms with Crippen LogP contribution >= 0.6 is 0 Å². The summed E-state index contributed by atoms with van der Waals surface area (Å²) in [5.74, 6) is 0.573. The number of carbonyl (C=O) groups excluding carboxylic acids is 1. The number of nitrogens with zero attached hydrogens (tertiary/aromatic N) is 3. The fraction of sp³-hybridized carbons (Fsp3) is 0.615. The zero-order valence-corrected chi connectivity index (χ0v) is 13.1. The van der Waals surface area contributed by atoms with Crippen molar-refractivity contribution in [1.82, 2.24) is 15.3 Å². The summed E-state index contributed by atoms with van der Waals surface area (Å²) in [6.45, 7) is 2.59. The Balaban J connectivity index is 2.03. The quantitative estimate of drug-likeness (QED) is 0.837. The van der Waals surface area contributed by atoms with Crippen molar-refractivity contribution in [3.05, 3.63) is 18.0 Å². The van der Waals surface area contributed by atoms with Crippen molar-refractivity contribution in [1.29, 1.82) is 0 Å². The van der Waals surface area contributed by atoms with Gasteiger partial charge in [0.1, 0.15) is 0 Å². The number of sulfone groups is 1. The van der Waals surface area contributed by atoms with Crippen LogP contribution in [0.2, 0.25) is 0 Å². The molecule has 7 nitrogen and oxygen atoms in total. The zero-order chi connectivity index (χ0) is 15.5. The molecule has 8 heteroatoms. The summed E-state index contributed by atoms with van der Waals surface area (Å²) in [6, 6.07) is -0.102. The van der Waals surface area contributed by atoms with Crippen LogP contribution in [-0.4, -0.2) is 55.4 Å². The smallest absolute Gasteiger partial charge is 0.254 e. The molecule has 0 saturated carbocycles. The lowest BCUT2D eigenvalue weighted by molar-refractivity contribution is 0.0953. The van der Waals surface area contributed by atoms with Crippen molar-refractivity contribution in [2.24, 2.45) is 0 Å². The first-order valence-corrected chi connectivity index (χ1v) is 8.78. The molecule has 1 N–H and O–H groups in total. The van der Waals surface area contributed by atoms with Gasteiger partial charge in [-0.1, -0.05) is 6.92 Å². The summed E-state index contributed by atoms with van der Waals surface area (Å²) in [4.78, 5) is 21.8. The van der Waals surface area contributed by atoms with Crippen LogP contribution in [0, 0.1) is 0 Å². The van der Waals surface area contributed by atoms with Gasteiger partial charge in [-0.3, -0.25) is 4.79 Å². The molecule has 1 unspecified atom stereocenters. The molecule has 2 rings (SSSR count). The maximum Gasteiger partial charge on any atom is 0.254 e. The lowest BCUT2D eigenvalue weighted by Gasteiger charge is -2.23. The van der Waals surface area contributed by atoms with Gasteiger partial charge < -0.3 is 10.2 Å². The minimum Gasteiger partial charge on any atom is -0.352 e. The van der Waals surface area contributed by atoms with Gasteiger partial charge in [0, 0.05) is 32.0 Å². The van der Waals surface area contributed by atoms with Gasteiger partial charge in [0.15, 0.2) is 9.84 Å². The second-order valence-electron chi connectivity index (χ2n) is 5.20. The summed E-state index contributed by atoms with van der Waals surface area (Å²) < 4.78 is 23.0. The SMILES string of the molecule is CCCNC(=O)c1cnc(N(C)C2CCS(=O)(=O)C2)nc1. The molecule has 21 heavy (non-hydrogen) atoms. The highest BCUT2D eigenvalue weighted by molar-refractivity contribution is 7.91. The molecule has 1 fully saturated rings. The second kappa shape index (κ2) is 6.38. The largest absolute Gasteiger partial charge is 0.352 e. The van der Waals surface area contributed by atoms with Crippen molar-refractivity contribution in [2.45, 2.75) is 25.8 Å².